The molecule has 0 aromatic heterocycles. The first kappa shape index (κ1) is 9.99. The second-order valence-corrected chi connectivity index (χ2v) is 5.72. The zero-order valence-corrected chi connectivity index (χ0v) is 8.76. The molecule has 3 nitrogen and oxygen atoms in total. The summed E-state index contributed by atoms with van der Waals surface area (Å²) in [5, 5.41) is 0. The first-order chi connectivity index (χ1) is 5.45. The van der Waals surface area contributed by atoms with E-state index >= 15 is 0 Å². The molecule has 0 spiro atoms. The van der Waals surface area contributed by atoms with Crippen molar-refractivity contribution in [1.29, 1.82) is 0 Å². The summed E-state index contributed by atoms with van der Waals surface area (Å²) in [7, 11) is -2.94. The van der Waals surface area contributed by atoms with Gasteiger partial charge in [-0.15, -0.1) is 0 Å². The van der Waals surface area contributed by atoms with E-state index < -0.39 is 10.0 Å². The molecule has 1 heterocycles. The molecule has 72 valence electrons. The SMILES string of the molecule is CC(C)N1[C@@H](C)CCCS1(=O)=O. The van der Waals surface area contributed by atoms with Gasteiger partial charge in [-0.25, -0.2) is 8.42 Å². The van der Waals surface area contributed by atoms with Gasteiger partial charge in [0.05, 0.1) is 5.75 Å². The van der Waals surface area contributed by atoms with E-state index in [0.29, 0.717) is 5.75 Å². The number of rotatable bonds is 1. The third kappa shape index (κ3) is 1.80. The first-order valence-corrected chi connectivity index (χ1v) is 6.07. The molecule has 0 aliphatic carbocycles. The Bertz CT molecular complexity index is 246. The Morgan fingerprint density at radius 1 is 1.42 bits per heavy atom. The van der Waals surface area contributed by atoms with Crippen molar-refractivity contribution in [3.63, 3.8) is 0 Å². The van der Waals surface area contributed by atoms with Crippen LogP contribution in [0.2, 0.25) is 0 Å². The molecular formula is C8H17NO2S. The smallest absolute Gasteiger partial charge is 0.212 e. The molecule has 0 aromatic rings. The largest absolute Gasteiger partial charge is 0.214 e. The molecule has 0 unspecified atom stereocenters. The molecule has 1 saturated heterocycles. The molecule has 0 amide bonds. The van der Waals surface area contributed by atoms with Gasteiger partial charge in [0.15, 0.2) is 0 Å². The van der Waals surface area contributed by atoms with Crippen molar-refractivity contribution in [2.45, 2.75) is 45.7 Å². The highest BCUT2D eigenvalue weighted by atomic mass is 32.2. The van der Waals surface area contributed by atoms with Gasteiger partial charge in [-0.3, -0.25) is 0 Å². The van der Waals surface area contributed by atoms with E-state index in [1.165, 1.54) is 0 Å². The zero-order valence-electron chi connectivity index (χ0n) is 7.95. The van der Waals surface area contributed by atoms with Crippen LogP contribution in [-0.4, -0.2) is 30.6 Å². The van der Waals surface area contributed by atoms with Crippen LogP contribution in [0.15, 0.2) is 0 Å². The van der Waals surface area contributed by atoms with Gasteiger partial charge < -0.3 is 0 Å². The lowest BCUT2D eigenvalue weighted by atomic mass is 10.2. The second kappa shape index (κ2) is 3.34. The summed E-state index contributed by atoms with van der Waals surface area (Å²) in [6.07, 6.45) is 1.81. The topological polar surface area (TPSA) is 37.4 Å². The maximum atomic E-state index is 11.6. The van der Waals surface area contributed by atoms with Crippen molar-refractivity contribution in [1.82, 2.24) is 4.31 Å². The maximum Gasteiger partial charge on any atom is 0.214 e. The van der Waals surface area contributed by atoms with Crippen LogP contribution in [0.25, 0.3) is 0 Å². The monoisotopic (exact) mass is 191 g/mol. The average Bonchev–Trinajstić information content (AvgIpc) is 1.82. The Morgan fingerprint density at radius 3 is 2.33 bits per heavy atom. The molecule has 1 rings (SSSR count). The summed E-state index contributed by atoms with van der Waals surface area (Å²) in [5.74, 6) is 0.329. The highest BCUT2D eigenvalue weighted by Gasteiger charge is 2.32. The number of sulfonamides is 1. The predicted molar refractivity (Wildman–Crippen MR) is 49.5 cm³/mol. The van der Waals surface area contributed by atoms with E-state index in [0.717, 1.165) is 12.8 Å². The van der Waals surface area contributed by atoms with Crippen LogP contribution >= 0.6 is 0 Å². The summed E-state index contributed by atoms with van der Waals surface area (Å²) in [5.41, 5.74) is 0. The van der Waals surface area contributed by atoms with Gasteiger partial charge in [0.2, 0.25) is 10.0 Å². The number of nitrogens with zero attached hydrogens (tertiary/aromatic N) is 1. The predicted octanol–water partition coefficient (Wildman–Crippen LogP) is 1.21. The Labute approximate surface area is 74.8 Å². The molecule has 1 fully saturated rings. The summed E-state index contributed by atoms with van der Waals surface area (Å²) < 4.78 is 24.8. The van der Waals surface area contributed by atoms with Crippen LogP contribution in [-0.2, 0) is 10.0 Å². The van der Waals surface area contributed by atoms with Gasteiger partial charge in [0.1, 0.15) is 0 Å². The minimum Gasteiger partial charge on any atom is -0.212 e. The van der Waals surface area contributed by atoms with Gasteiger partial charge in [-0.1, -0.05) is 0 Å². The zero-order chi connectivity index (χ0) is 9.35. The van der Waals surface area contributed by atoms with E-state index in [9.17, 15) is 8.42 Å². The van der Waals surface area contributed by atoms with Gasteiger partial charge in [0, 0.05) is 12.1 Å². The molecule has 1 aliphatic heterocycles. The fourth-order valence-corrected chi connectivity index (χ4v) is 3.94. The van der Waals surface area contributed by atoms with Crippen molar-refractivity contribution >= 4 is 10.0 Å². The number of hydrogen-bond donors (Lipinski definition) is 0. The Balaban J connectivity index is 2.89. The summed E-state index contributed by atoms with van der Waals surface area (Å²) in [6, 6.07) is 0.286. The normalized spacial score (nSPS) is 30.8. The molecule has 4 heteroatoms. The van der Waals surface area contributed by atoms with E-state index in [1.807, 2.05) is 20.8 Å². The molecular weight excluding hydrogens is 174 g/mol. The van der Waals surface area contributed by atoms with Gasteiger partial charge >= 0.3 is 0 Å². The third-order valence-corrected chi connectivity index (χ3v) is 4.52. The van der Waals surface area contributed by atoms with Crippen LogP contribution in [0.3, 0.4) is 0 Å². The minimum absolute atomic E-state index is 0.102. The lowest BCUT2D eigenvalue weighted by molar-refractivity contribution is 0.260. The molecule has 0 bridgehead atoms. The molecule has 0 aromatic carbocycles. The Morgan fingerprint density at radius 2 is 2.00 bits per heavy atom. The van der Waals surface area contributed by atoms with Crippen LogP contribution in [0.1, 0.15) is 33.6 Å². The lowest BCUT2D eigenvalue weighted by Gasteiger charge is -2.35. The van der Waals surface area contributed by atoms with Gasteiger partial charge in [-0.2, -0.15) is 4.31 Å². The van der Waals surface area contributed by atoms with Crippen molar-refractivity contribution in [3.8, 4) is 0 Å². The molecule has 0 radical (unpaired) electrons. The minimum atomic E-state index is -2.94. The van der Waals surface area contributed by atoms with Crippen LogP contribution in [0, 0.1) is 0 Å². The van der Waals surface area contributed by atoms with Crippen LogP contribution < -0.4 is 0 Å². The molecule has 12 heavy (non-hydrogen) atoms. The van der Waals surface area contributed by atoms with Crippen LogP contribution in [0.4, 0.5) is 0 Å². The quantitative estimate of drug-likeness (QED) is 0.624. The van der Waals surface area contributed by atoms with Crippen molar-refractivity contribution < 1.29 is 8.42 Å². The fraction of sp³-hybridized carbons (Fsp3) is 1.00. The van der Waals surface area contributed by atoms with E-state index in [-0.39, 0.29) is 12.1 Å². The van der Waals surface area contributed by atoms with Crippen molar-refractivity contribution in [2.24, 2.45) is 0 Å². The van der Waals surface area contributed by atoms with Crippen LogP contribution in [0.5, 0.6) is 0 Å². The van der Waals surface area contributed by atoms with Gasteiger partial charge in [-0.05, 0) is 33.6 Å². The summed E-state index contributed by atoms with van der Waals surface area (Å²) in [4.78, 5) is 0. The lowest BCUT2D eigenvalue weighted by Crippen LogP contribution is -2.47. The third-order valence-electron chi connectivity index (χ3n) is 2.29. The summed E-state index contributed by atoms with van der Waals surface area (Å²) >= 11 is 0. The molecule has 1 atom stereocenters. The average molecular weight is 191 g/mol. The number of hydrogen-bond acceptors (Lipinski definition) is 2. The van der Waals surface area contributed by atoms with Crippen molar-refractivity contribution in [2.75, 3.05) is 5.75 Å². The standard InChI is InChI=1S/C8H17NO2S/c1-7(2)9-8(3)5-4-6-12(9,10)11/h7-8H,4-6H2,1-3H3/t8-/m0/s1. The van der Waals surface area contributed by atoms with Gasteiger partial charge in [0.25, 0.3) is 0 Å². The Kier molecular flexibility index (Phi) is 2.78. The molecule has 0 saturated carbocycles. The maximum absolute atomic E-state index is 11.6. The fourth-order valence-electron chi connectivity index (χ4n) is 1.90. The van der Waals surface area contributed by atoms with E-state index in [1.54, 1.807) is 4.31 Å². The first-order valence-electron chi connectivity index (χ1n) is 4.46. The highest BCUT2D eigenvalue weighted by Crippen LogP contribution is 2.22. The summed E-state index contributed by atoms with van der Waals surface area (Å²) in [6.45, 7) is 5.84. The second-order valence-electron chi connectivity index (χ2n) is 3.73. The molecule has 1 aliphatic rings. The molecule has 0 N–H and O–H groups in total. The van der Waals surface area contributed by atoms with E-state index in [4.69, 9.17) is 0 Å². The highest BCUT2D eigenvalue weighted by molar-refractivity contribution is 7.89. The van der Waals surface area contributed by atoms with E-state index in [2.05, 4.69) is 0 Å². The Hall–Kier alpha value is -0.0900. The van der Waals surface area contributed by atoms with Crippen molar-refractivity contribution in [3.05, 3.63) is 0 Å².